The van der Waals surface area contributed by atoms with Crippen LogP contribution in [0.3, 0.4) is 0 Å². The molecule has 2 aromatic rings. The lowest BCUT2D eigenvalue weighted by atomic mass is 10.1. The van der Waals surface area contributed by atoms with E-state index in [9.17, 15) is 14.0 Å². The van der Waals surface area contributed by atoms with Gasteiger partial charge in [-0.25, -0.2) is 4.39 Å². The summed E-state index contributed by atoms with van der Waals surface area (Å²) in [7, 11) is 0. The van der Waals surface area contributed by atoms with Crippen molar-refractivity contribution in [3.63, 3.8) is 0 Å². The molecule has 2 amide bonds. The predicted molar refractivity (Wildman–Crippen MR) is 106 cm³/mol. The molecule has 1 unspecified atom stereocenters. The third-order valence-electron chi connectivity index (χ3n) is 4.21. The van der Waals surface area contributed by atoms with Gasteiger partial charge in [-0.1, -0.05) is 29.8 Å². The third-order valence-corrected chi connectivity index (χ3v) is 4.21. The maximum absolute atomic E-state index is 13.0. The topological polar surface area (TPSA) is 58.6 Å². The minimum absolute atomic E-state index is 0.0265. The van der Waals surface area contributed by atoms with Crippen LogP contribution in [0.2, 0.25) is 0 Å². The second-order valence-corrected chi connectivity index (χ2v) is 7.09. The standard InChI is InChI=1S/C22H27FN2O3/c1-15(2)24-22(27)17(4)25(13-18-7-5-6-16(3)12-18)21(26)14-28-20-10-8-19(23)9-11-20/h5-12,15,17H,13-14H2,1-4H3,(H,24,27). The fraction of sp³-hybridized carbons (Fsp3) is 0.364. The van der Waals surface area contributed by atoms with Crippen molar-refractivity contribution >= 4 is 11.8 Å². The first-order valence-electron chi connectivity index (χ1n) is 9.30. The van der Waals surface area contributed by atoms with E-state index in [1.54, 1.807) is 6.92 Å². The number of nitrogens with one attached hydrogen (secondary N) is 1. The van der Waals surface area contributed by atoms with Gasteiger partial charge >= 0.3 is 0 Å². The maximum atomic E-state index is 13.0. The number of benzene rings is 2. The first-order chi connectivity index (χ1) is 13.3. The Morgan fingerprint density at radius 1 is 1.11 bits per heavy atom. The van der Waals surface area contributed by atoms with Crippen LogP contribution in [0.4, 0.5) is 4.39 Å². The number of carbonyl (C=O) groups is 2. The summed E-state index contributed by atoms with van der Waals surface area (Å²) < 4.78 is 18.5. The molecule has 2 aromatic carbocycles. The van der Waals surface area contributed by atoms with E-state index in [-0.39, 0.29) is 30.3 Å². The van der Waals surface area contributed by atoms with E-state index in [1.165, 1.54) is 29.2 Å². The molecule has 0 aliphatic rings. The summed E-state index contributed by atoms with van der Waals surface area (Å²) in [5, 5.41) is 2.84. The smallest absolute Gasteiger partial charge is 0.261 e. The number of halogens is 1. The molecule has 6 heteroatoms. The molecule has 1 atom stereocenters. The number of nitrogens with zero attached hydrogens (tertiary/aromatic N) is 1. The first kappa shape index (κ1) is 21.4. The Morgan fingerprint density at radius 3 is 2.39 bits per heavy atom. The van der Waals surface area contributed by atoms with Gasteiger partial charge in [-0.3, -0.25) is 9.59 Å². The van der Waals surface area contributed by atoms with Crippen molar-refractivity contribution < 1.29 is 18.7 Å². The number of aryl methyl sites for hydroxylation is 1. The van der Waals surface area contributed by atoms with Crippen LogP contribution in [-0.2, 0) is 16.1 Å². The summed E-state index contributed by atoms with van der Waals surface area (Å²) in [6.07, 6.45) is 0. The Labute approximate surface area is 165 Å². The van der Waals surface area contributed by atoms with Crippen LogP contribution < -0.4 is 10.1 Å². The second kappa shape index (κ2) is 9.88. The van der Waals surface area contributed by atoms with Gasteiger partial charge in [-0.2, -0.15) is 0 Å². The molecule has 0 fully saturated rings. The number of hydrogen-bond acceptors (Lipinski definition) is 3. The zero-order chi connectivity index (χ0) is 20.7. The first-order valence-corrected chi connectivity index (χ1v) is 9.30. The lowest BCUT2D eigenvalue weighted by Crippen LogP contribution is -2.50. The summed E-state index contributed by atoms with van der Waals surface area (Å²) in [6, 6.07) is 12.6. The molecular weight excluding hydrogens is 359 g/mol. The fourth-order valence-electron chi connectivity index (χ4n) is 2.75. The van der Waals surface area contributed by atoms with Gasteiger partial charge < -0.3 is 15.0 Å². The number of rotatable bonds is 8. The van der Waals surface area contributed by atoms with Gasteiger partial charge in [0.25, 0.3) is 5.91 Å². The Kier molecular flexibility index (Phi) is 7.55. The minimum Gasteiger partial charge on any atom is -0.484 e. The average Bonchev–Trinajstić information content (AvgIpc) is 2.64. The maximum Gasteiger partial charge on any atom is 0.261 e. The summed E-state index contributed by atoms with van der Waals surface area (Å²) >= 11 is 0. The minimum atomic E-state index is -0.660. The quantitative estimate of drug-likeness (QED) is 0.756. The molecule has 0 saturated carbocycles. The van der Waals surface area contributed by atoms with Crippen molar-refractivity contribution in [1.29, 1.82) is 0 Å². The van der Waals surface area contributed by atoms with Crippen molar-refractivity contribution in [3.8, 4) is 5.75 Å². The Morgan fingerprint density at radius 2 is 1.79 bits per heavy atom. The Balaban J connectivity index is 2.14. The highest BCUT2D eigenvalue weighted by molar-refractivity contribution is 5.88. The SMILES string of the molecule is Cc1cccc(CN(C(=O)COc2ccc(F)cc2)C(C)C(=O)NC(C)C)c1. The average molecular weight is 386 g/mol. The van der Waals surface area contributed by atoms with Gasteiger partial charge in [-0.15, -0.1) is 0 Å². The van der Waals surface area contributed by atoms with Crippen LogP contribution in [0.5, 0.6) is 5.75 Å². The van der Waals surface area contributed by atoms with E-state index in [2.05, 4.69) is 5.32 Å². The Bertz CT molecular complexity index is 806. The second-order valence-electron chi connectivity index (χ2n) is 7.09. The van der Waals surface area contributed by atoms with Crippen molar-refractivity contribution in [1.82, 2.24) is 10.2 Å². The van der Waals surface area contributed by atoms with Gasteiger partial charge in [0, 0.05) is 12.6 Å². The normalized spacial score (nSPS) is 11.8. The van der Waals surface area contributed by atoms with E-state index in [0.717, 1.165) is 11.1 Å². The Hall–Kier alpha value is -2.89. The summed E-state index contributed by atoms with van der Waals surface area (Å²) in [5.41, 5.74) is 2.01. The van der Waals surface area contributed by atoms with Crippen LogP contribution in [0.15, 0.2) is 48.5 Å². The summed E-state index contributed by atoms with van der Waals surface area (Å²) in [4.78, 5) is 26.8. The van der Waals surface area contributed by atoms with Gasteiger partial charge in [-0.05, 0) is 57.5 Å². The molecule has 0 saturated heterocycles. The van der Waals surface area contributed by atoms with Crippen molar-refractivity contribution in [2.24, 2.45) is 0 Å². The van der Waals surface area contributed by atoms with Crippen LogP contribution in [0.1, 0.15) is 31.9 Å². The molecule has 0 aliphatic carbocycles. The molecule has 5 nitrogen and oxygen atoms in total. The number of hydrogen-bond donors (Lipinski definition) is 1. The lowest BCUT2D eigenvalue weighted by Gasteiger charge is -2.29. The third kappa shape index (κ3) is 6.37. The van der Waals surface area contributed by atoms with Crippen LogP contribution in [0, 0.1) is 12.7 Å². The van der Waals surface area contributed by atoms with E-state index in [0.29, 0.717) is 12.3 Å². The molecule has 2 rings (SSSR count). The van der Waals surface area contributed by atoms with Crippen molar-refractivity contribution in [2.45, 2.75) is 46.3 Å². The number of amides is 2. The monoisotopic (exact) mass is 386 g/mol. The van der Waals surface area contributed by atoms with Gasteiger partial charge in [0.05, 0.1) is 0 Å². The molecule has 0 aromatic heterocycles. The van der Waals surface area contributed by atoms with E-state index >= 15 is 0 Å². The number of carbonyl (C=O) groups excluding carboxylic acids is 2. The summed E-state index contributed by atoms with van der Waals surface area (Å²) in [6.45, 7) is 7.46. The van der Waals surface area contributed by atoms with Crippen molar-refractivity contribution in [3.05, 3.63) is 65.5 Å². The fourth-order valence-corrected chi connectivity index (χ4v) is 2.75. The van der Waals surface area contributed by atoms with Crippen LogP contribution in [-0.4, -0.2) is 35.4 Å². The van der Waals surface area contributed by atoms with Gasteiger partial charge in [0.2, 0.25) is 5.91 Å². The zero-order valence-electron chi connectivity index (χ0n) is 16.7. The summed E-state index contributed by atoms with van der Waals surface area (Å²) in [5.74, 6) is -0.529. The molecule has 0 radical (unpaired) electrons. The van der Waals surface area contributed by atoms with Crippen LogP contribution >= 0.6 is 0 Å². The molecule has 0 heterocycles. The zero-order valence-corrected chi connectivity index (χ0v) is 16.7. The lowest BCUT2D eigenvalue weighted by molar-refractivity contribution is -0.142. The van der Waals surface area contributed by atoms with Crippen LogP contribution in [0.25, 0.3) is 0 Å². The van der Waals surface area contributed by atoms with Gasteiger partial charge in [0.15, 0.2) is 6.61 Å². The molecule has 28 heavy (non-hydrogen) atoms. The van der Waals surface area contributed by atoms with E-state index in [1.807, 2.05) is 45.0 Å². The van der Waals surface area contributed by atoms with E-state index in [4.69, 9.17) is 4.74 Å². The molecular formula is C22H27FN2O3. The highest BCUT2D eigenvalue weighted by Gasteiger charge is 2.26. The molecule has 0 bridgehead atoms. The highest BCUT2D eigenvalue weighted by Crippen LogP contribution is 2.14. The van der Waals surface area contributed by atoms with Crippen molar-refractivity contribution in [2.75, 3.05) is 6.61 Å². The molecule has 0 aliphatic heterocycles. The largest absolute Gasteiger partial charge is 0.484 e. The molecule has 1 N–H and O–H groups in total. The molecule has 0 spiro atoms. The predicted octanol–water partition coefficient (Wildman–Crippen LogP) is 3.45. The number of ether oxygens (including phenoxy) is 1. The molecule has 150 valence electrons. The van der Waals surface area contributed by atoms with Gasteiger partial charge in [0.1, 0.15) is 17.6 Å². The van der Waals surface area contributed by atoms with E-state index < -0.39 is 6.04 Å². The highest BCUT2D eigenvalue weighted by atomic mass is 19.1.